The Morgan fingerprint density at radius 3 is 2.76 bits per heavy atom. The highest BCUT2D eigenvalue weighted by atomic mass is 19.1. The fraction of sp³-hybridized carbons (Fsp3) is 0.562. The summed E-state index contributed by atoms with van der Waals surface area (Å²) >= 11 is 0. The van der Waals surface area contributed by atoms with Crippen LogP contribution in [0.2, 0.25) is 0 Å². The van der Waals surface area contributed by atoms with Crippen LogP contribution in [0.15, 0.2) is 18.2 Å². The van der Waals surface area contributed by atoms with Crippen LogP contribution in [-0.2, 0) is 11.2 Å². The number of nitrogens with zero attached hydrogens (tertiary/aromatic N) is 1. The van der Waals surface area contributed by atoms with E-state index in [0.717, 1.165) is 18.4 Å². The number of ether oxygens (including phenoxy) is 1. The van der Waals surface area contributed by atoms with Gasteiger partial charge in [-0.2, -0.15) is 0 Å². The normalized spacial score (nSPS) is 15.6. The van der Waals surface area contributed by atoms with Crippen molar-refractivity contribution in [3.8, 4) is 5.75 Å². The number of halogens is 1. The van der Waals surface area contributed by atoms with Gasteiger partial charge in [-0.15, -0.1) is 0 Å². The van der Waals surface area contributed by atoms with E-state index < -0.39 is 5.82 Å². The second-order valence-corrected chi connectivity index (χ2v) is 5.65. The zero-order valence-electron chi connectivity index (χ0n) is 12.6. The molecule has 116 valence electrons. The van der Waals surface area contributed by atoms with Gasteiger partial charge in [0.05, 0.1) is 0 Å². The Bertz CT molecular complexity index is 501. The van der Waals surface area contributed by atoms with Gasteiger partial charge in [0.25, 0.3) is 5.91 Å². The van der Waals surface area contributed by atoms with Crippen LogP contribution in [0.4, 0.5) is 4.39 Å². The number of carbonyl (C=O) groups excluding carboxylic acids is 1. The van der Waals surface area contributed by atoms with E-state index in [0.29, 0.717) is 19.0 Å². The summed E-state index contributed by atoms with van der Waals surface area (Å²) in [4.78, 5) is 13.8. The maximum atomic E-state index is 13.9. The highest BCUT2D eigenvalue weighted by Crippen LogP contribution is 2.27. The van der Waals surface area contributed by atoms with Gasteiger partial charge in [-0.1, -0.05) is 6.07 Å². The van der Waals surface area contributed by atoms with E-state index in [2.05, 4.69) is 0 Å². The van der Waals surface area contributed by atoms with E-state index in [-0.39, 0.29) is 24.3 Å². The number of hydrogen-bond donors (Lipinski definition) is 1. The molecule has 0 spiro atoms. The first-order valence-corrected chi connectivity index (χ1v) is 7.47. The monoisotopic (exact) mass is 294 g/mol. The molecule has 0 aliphatic heterocycles. The highest BCUT2D eigenvalue weighted by Gasteiger charge is 2.31. The van der Waals surface area contributed by atoms with Gasteiger partial charge in [0.15, 0.2) is 18.2 Å². The molecule has 1 aliphatic carbocycles. The third-order valence-electron chi connectivity index (χ3n) is 3.55. The van der Waals surface area contributed by atoms with Crippen LogP contribution >= 0.6 is 0 Å². The minimum absolute atomic E-state index is 0.0191. The van der Waals surface area contributed by atoms with Crippen molar-refractivity contribution in [1.29, 1.82) is 0 Å². The van der Waals surface area contributed by atoms with Crippen molar-refractivity contribution in [2.24, 2.45) is 5.73 Å². The van der Waals surface area contributed by atoms with E-state index in [1.54, 1.807) is 17.0 Å². The Labute approximate surface area is 125 Å². The van der Waals surface area contributed by atoms with Crippen molar-refractivity contribution >= 4 is 5.91 Å². The number of benzene rings is 1. The minimum Gasteiger partial charge on any atom is -0.481 e. The van der Waals surface area contributed by atoms with Crippen LogP contribution in [0.1, 0.15) is 32.3 Å². The van der Waals surface area contributed by atoms with Gasteiger partial charge in [0.1, 0.15) is 0 Å². The standard InChI is InChI=1S/C16H23FN2O2/c1-3-19(13-5-6-13)16(20)10-21-15-7-4-12(8-11(2)18)9-14(15)17/h4,7,9,11,13H,3,5-6,8,10,18H2,1-2H3. The molecule has 1 unspecified atom stereocenters. The van der Waals surface area contributed by atoms with Crippen LogP contribution in [0.25, 0.3) is 0 Å². The Kier molecular flexibility index (Phi) is 5.17. The zero-order valence-corrected chi connectivity index (χ0v) is 12.6. The smallest absolute Gasteiger partial charge is 0.260 e. The fourth-order valence-corrected chi connectivity index (χ4v) is 2.41. The van der Waals surface area contributed by atoms with Gasteiger partial charge in [-0.05, 0) is 50.8 Å². The van der Waals surface area contributed by atoms with E-state index in [1.807, 2.05) is 13.8 Å². The summed E-state index contributed by atoms with van der Waals surface area (Å²) in [6.07, 6.45) is 2.72. The van der Waals surface area contributed by atoms with Crippen molar-refractivity contribution in [1.82, 2.24) is 4.90 Å². The molecular formula is C16H23FN2O2. The quantitative estimate of drug-likeness (QED) is 0.838. The Morgan fingerprint density at radius 2 is 2.24 bits per heavy atom. The maximum absolute atomic E-state index is 13.9. The summed E-state index contributed by atoms with van der Waals surface area (Å²) in [7, 11) is 0. The summed E-state index contributed by atoms with van der Waals surface area (Å²) < 4.78 is 19.2. The lowest BCUT2D eigenvalue weighted by Crippen LogP contribution is -2.36. The Balaban J connectivity index is 1.92. The van der Waals surface area contributed by atoms with Crippen LogP contribution in [0, 0.1) is 5.82 Å². The highest BCUT2D eigenvalue weighted by molar-refractivity contribution is 5.78. The predicted molar refractivity (Wildman–Crippen MR) is 79.7 cm³/mol. The average molecular weight is 294 g/mol. The number of hydrogen-bond acceptors (Lipinski definition) is 3. The number of amides is 1. The molecule has 0 bridgehead atoms. The van der Waals surface area contributed by atoms with E-state index in [1.165, 1.54) is 6.07 Å². The zero-order chi connectivity index (χ0) is 15.4. The molecule has 1 amide bonds. The summed E-state index contributed by atoms with van der Waals surface area (Å²) in [5, 5.41) is 0. The molecule has 2 rings (SSSR count). The van der Waals surface area contributed by atoms with E-state index >= 15 is 0 Å². The molecule has 1 aromatic rings. The van der Waals surface area contributed by atoms with Gasteiger partial charge < -0.3 is 15.4 Å². The molecule has 21 heavy (non-hydrogen) atoms. The third kappa shape index (κ3) is 4.43. The molecular weight excluding hydrogens is 271 g/mol. The molecule has 2 N–H and O–H groups in total. The van der Waals surface area contributed by atoms with Crippen LogP contribution in [0.3, 0.4) is 0 Å². The Morgan fingerprint density at radius 1 is 1.52 bits per heavy atom. The van der Waals surface area contributed by atoms with Crippen molar-refractivity contribution < 1.29 is 13.9 Å². The topological polar surface area (TPSA) is 55.6 Å². The number of rotatable bonds is 7. The summed E-state index contributed by atoms with van der Waals surface area (Å²) in [5.41, 5.74) is 6.52. The third-order valence-corrected chi connectivity index (χ3v) is 3.55. The predicted octanol–water partition coefficient (Wildman–Crippen LogP) is 2.11. The molecule has 5 heteroatoms. The molecule has 0 aromatic heterocycles. The lowest BCUT2D eigenvalue weighted by Gasteiger charge is -2.20. The van der Waals surface area contributed by atoms with Gasteiger partial charge in [0.2, 0.25) is 0 Å². The van der Waals surface area contributed by atoms with Crippen molar-refractivity contribution in [3.05, 3.63) is 29.6 Å². The minimum atomic E-state index is -0.449. The van der Waals surface area contributed by atoms with E-state index in [9.17, 15) is 9.18 Å². The number of carbonyl (C=O) groups is 1. The van der Waals surface area contributed by atoms with Gasteiger partial charge in [-0.3, -0.25) is 4.79 Å². The van der Waals surface area contributed by atoms with Crippen molar-refractivity contribution in [2.45, 2.75) is 45.2 Å². The first kappa shape index (κ1) is 15.8. The molecule has 1 aliphatic rings. The molecule has 1 saturated carbocycles. The van der Waals surface area contributed by atoms with Gasteiger partial charge in [0, 0.05) is 18.6 Å². The lowest BCUT2D eigenvalue weighted by molar-refractivity contribution is -0.133. The summed E-state index contributed by atoms with van der Waals surface area (Å²) in [5.74, 6) is -0.418. The Hall–Kier alpha value is -1.62. The van der Waals surface area contributed by atoms with Crippen LogP contribution < -0.4 is 10.5 Å². The molecule has 0 radical (unpaired) electrons. The molecule has 4 nitrogen and oxygen atoms in total. The average Bonchev–Trinajstić information content (AvgIpc) is 3.22. The maximum Gasteiger partial charge on any atom is 0.260 e. The first-order valence-electron chi connectivity index (χ1n) is 7.47. The van der Waals surface area contributed by atoms with Gasteiger partial charge >= 0.3 is 0 Å². The molecule has 1 fully saturated rings. The number of nitrogens with two attached hydrogens (primary N) is 1. The second-order valence-electron chi connectivity index (χ2n) is 5.65. The lowest BCUT2D eigenvalue weighted by atomic mass is 10.1. The first-order chi connectivity index (χ1) is 10.0. The van der Waals surface area contributed by atoms with Crippen molar-refractivity contribution in [3.63, 3.8) is 0 Å². The molecule has 0 saturated heterocycles. The summed E-state index contributed by atoms with van der Waals surface area (Å²) in [6, 6.07) is 5.10. The van der Waals surface area contributed by atoms with Crippen molar-refractivity contribution in [2.75, 3.05) is 13.2 Å². The molecule has 1 aromatic carbocycles. The second kappa shape index (κ2) is 6.89. The van der Waals surface area contributed by atoms with E-state index in [4.69, 9.17) is 10.5 Å². The number of likely N-dealkylation sites (N-methyl/N-ethyl adjacent to an activating group) is 1. The largest absolute Gasteiger partial charge is 0.481 e. The summed E-state index contributed by atoms with van der Waals surface area (Å²) in [6.45, 7) is 4.37. The fourth-order valence-electron chi connectivity index (χ4n) is 2.41. The molecule has 1 atom stereocenters. The SMILES string of the molecule is CCN(C(=O)COc1ccc(CC(C)N)cc1F)C1CC1. The van der Waals surface area contributed by atoms with Crippen LogP contribution in [0.5, 0.6) is 5.75 Å². The van der Waals surface area contributed by atoms with Gasteiger partial charge in [-0.25, -0.2) is 4.39 Å². The molecule has 0 heterocycles. The van der Waals surface area contributed by atoms with Crippen LogP contribution in [-0.4, -0.2) is 36.0 Å².